The predicted octanol–water partition coefficient (Wildman–Crippen LogP) is 7.70. The van der Waals surface area contributed by atoms with Gasteiger partial charge in [0.05, 0.1) is 10.6 Å². The molecule has 1 N–H and O–H groups in total. The van der Waals surface area contributed by atoms with Crippen molar-refractivity contribution in [3.05, 3.63) is 129 Å². The molecule has 1 saturated carbocycles. The van der Waals surface area contributed by atoms with Crippen LogP contribution in [0.1, 0.15) is 48.8 Å². The van der Waals surface area contributed by atoms with E-state index in [0.29, 0.717) is 5.02 Å². The largest absolute Gasteiger partial charge is 0.352 e. The van der Waals surface area contributed by atoms with Crippen molar-refractivity contribution in [1.29, 1.82) is 0 Å². The van der Waals surface area contributed by atoms with Gasteiger partial charge in [0.25, 0.3) is 10.0 Å². The van der Waals surface area contributed by atoms with E-state index >= 15 is 0 Å². The molecule has 47 heavy (non-hydrogen) atoms. The molecule has 0 aromatic heterocycles. The van der Waals surface area contributed by atoms with Gasteiger partial charge in [-0.2, -0.15) is 0 Å². The molecule has 1 fully saturated rings. The average Bonchev–Trinajstić information content (AvgIpc) is 3.06. The van der Waals surface area contributed by atoms with E-state index in [-0.39, 0.29) is 35.5 Å². The van der Waals surface area contributed by atoms with Gasteiger partial charge in [0, 0.05) is 28.5 Å². The van der Waals surface area contributed by atoms with Crippen LogP contribution in [0.4, 0.5) is 5.69 Å². The summed E-state index contributed by atoms with van der Waals surface area (Å²) < 4.78 is 30.3. The number of aryl methyl sites for hydroxylation is 1. The molecule has 4 aromatic carbocycles. The number of hydrogen-bond donors (Lipinski definition) is 1. The monoisotopic (exact) mass is 735 g/mol. The lowest BCUT2D eigenvalue weighted by Crippen LogP contribution is -2.55. The van der Waals surface area contributed by atoms with E-state index in [1.165, 1.54) is 17.0 Å². The maximum Gasteiger partial charge on any atom is 0.264 e. The lowest BCUT2D eigenvalue weighted by Gasteiger charge is -2.35. The van der Waals surface area contributed by atoms with Gasteiger partial charge in [-0.3, -0.25) is 13.9 Å². The van der Waals surface area contributed by atoms with Crippen molar-refractivity contribution >= 4 is 55.1 Å². The number of benzene rings is 4. The Bertz CT molecular complexity index is 1760. The van der Waals surface area contributed by atoms with Crippen LogP contribution in [0.25, 0.3) is 0 Å². The summed E-state index contributed by atoms with van der Waals surface area (Å²) in [6.07, 6.45) is 5.28. The molecule has 246 valence electrons. The zero-order valence-electron chi connectivity index (χ0n) is 26.3. The maximum atomic E-state index is 14.6. The van der Waals surface area contributed by atoms with Crippen LogP contribution >= 0.6 is 27.5 Å². The fraction of sp³-hybridized carbons (Fsp3) is 0.297. The van der Waals surface area contributed by atoms with E-state index in [1.54, 1.807) is 36.4 Å². The fourth-order valence-corrected chi connectivity index (χ4v) is 7.89. The number of carbonyl (C=O) groups is 2. The van der Waals surface area contributed by atoms with Crippen LogP contribution in [0.2, 0.25) is 5.02 Å². The SMILES string of the molecule is Cc1ccc(S(=O)(=O)N(CC(=O)N(Cc2cccc(Br)c2)[C@H](Cc2ccccc2)C(=O)NC2CCCCC2)c2ccc(Cl)cc2)cc1. The number of amides is 2. The molecule has 0 radical (unpaired) electrons. The molecule has 1 aliphatic rings. The molecule has 1 aliphatic carbocycles. The average molecular weight is 737 g/mol. The van der Waals surface area contributed by atoms with Gasteiger partial charge in [-0.1, -0.05) is 107 Å². The van der Waals surface area contributed by atoms with Crippen molar-refractivity contribution in [3.63, 3.8) is 0 Å². The van der Waals surface area contributed by atoms with Crippen LogP contribution in [-0.2, 0) is 32.6 Å². The Morgan fingerprint density at radius 1 is 0.872 bits per heavy atom. The fourth-order valence-electron chi connectivity index (χ4n) is 5.90. The summed E-state index contributed by atoms with van der Waals surface area (Å²) in [5.41, 5.74) is 2.89. The zero-order chi connectivity index (χ0) is 33.4. The smallest absolute Gasteiger partial charge is 0.264 e. The first-order chi connectivity index (χ1) is 22.6. The van der Waals surface area contributed by atoms with E-state index in [9.17, 15) is 18.0 Å². The van der Waals surface area contributed by atoms with Gasteiger partial charge in [0.15, 0.2) is 0 Å². The van der Waals surface area contributed by atoms with Crippen LogP contribution in [0.15, 0.2) is 112 Å². The van der Waals surface area contributed by atoms with Gasteiger partial charge in [-0.05, 0) is 79.4 Å². The van der Waals surface area contributed by atoms with Crippen LogP contribution in [-0.4, -0.2) is 43.8 Å². The van der Waals surface area contributed by atoms with Crippen molar-refractivity contribution in [2.24, 2.45) is 0 Å². The van der Waals surface area contributed by atoms with Crippen LogP contribution in [0.3, 0.4) is 0 Å². The molecule has 7 nitrogen and oxygen atoms in total. The van der Waals surface area contributed by atoms with Crippen molar-refractivity contribution in [2.75, 3.05) is 10.8 Å². The number of rotatable bonds is 12. The van der Waals surface area contributed by atoms with Gasteiger partial charge in [-0.25, -0.2) is 8.42 Å². The lowest BCUT2D eigenvalue weighted by molar-refractivity contribution is -0.140. The molecule has 0 spiro atoms. The molecule has 10 heteroatoms. The number of hydrogen-bond acceptors (Lipinski definition) is 4. The number of anilines is 1. The maximum absolute atomic E-state index is 14.6. The molecule has 0 heterocycles. The molecule has 2 amide bonds. The van der Waals surface area contributed by atoms with Gasteiger partial charge in [0.1, 0.15) is 12.6 Å². The second kappa shape index (κ2) is 16.0. The lowest BCUT2D eigenvalue weighted by atomic mass is 9.94. The van der Waals surface area contributed by atoms with E-state index in [1.807, 2.05) is 61.5 Å². The van der Waals surface area contributed by atoms with Gasteiger partial charge in [0.2, 0.25) is 11.8 Å². The van der Waals surface area contributed by atoms with Crippen molar-refractivity contribution < 1.29 is 18.0 Å². The Morgan fingerprint density at radius 2 is 1.53 bits per heavy atom. The number of nitrogens with one attached hydrogen (secondary N) is 1. The Morgan fingerprint density at radius 3 is 2.19 bits per heavy atom. The molecule has 4 aromatic rings. The number of sulfonamides is 1. The normalized spacial score (nSPS) is 14.3. The van der Waals surface area contributed by atoms with Gasteiger partial charge >= 0.3 is 0 Å². The molecular weight excluding hydrogens is 698 g/mol. The van der Waals surface area contributed by atoms with Crippen LogP contribution in [0, 0.1) is 6.92 Å². The summed E-state index contributed by atoms with van der Waals surface area (Å²) in [4.78, 5) is 30.4. The quantitative estimate of drug-likeness (QED) is 0.162. The van der Waals surface area contributed by atoms with Crippen molar-refractivity contribution in [2.45, 2.75) is 69.0 Å². The van der Waals surface area contributed by atoms with E-state index in [4.69, 9.17) is 11.6 Å². The Labute approximate surface area is 291 Å². The highest BCUT2D eigenvalue weighted by molar-refractivity contribution is 9.10. The first kappa shape index (κ1) is 34.7. The molecule has 0 unspecified atom stereocenters. The third kappa shape index (κ3) is 9.24. The summed E-state index contributed by atoms with van der Waals surface area (Å²) in [5.74, 6) is -0.751. The third-order valence-corrected chi connectivity index (χ3v) is 11.0. The van der Waals surface area contributed by atoms with E-state index < -0.39 is 28.5 Å². The molecule has 0 bridgehead atoms. The summed E-state index contributed by atoms with van der Waals surface area (Å²) >= 11 is 9.69. The molecule has 1 atom stereocenters. The van der Waals surface area contributed by atoms with Gasteiger partial charge < -0.3 is 10.2 Å². The number of carbonyl (C=O) groups excluding carboxylic acids is 2. The summed E-state index contributed by atoms with van der Waals surface area (Å²) in [7, 11) is -4.18. The standard InChI is InChI=1S/C37H39BrClN3O4S/c1-27-15-21-34(22-16-27)47(45,46)42(33-19-17-31(39)18-20-33)26-36(43)41(25-29-11-8-12-30(38)23-29)35(24-28-9-4-2-5-10-28)37(44)40-32-13-6-3-7-14-32/h2,4-5,8-12,15-23,32,35H,3,6-7,13-14,24-26H2,1H3,(H,40,44)/t35-/m1/s1. The third-order valence-electron chi connectivity index (χ3n) is 8.47. The highest BCUT2D eigenvalue weighted by Crippen LogP contribution is 2.27. The van der Waals surface area contributed by atoms with Crippen molar-refractivity contribution in [1.82, 2.24) is 10.2 Å². The molecule has 5 rings (SSSR count). The highest BCUT2D eigenvalue weighted by Gasteiger charge is 2.35. The summed E-state index contributed by atoms with van der Waals surface area (Å²) in [6, 6.07) is 29.1. The minimum absolute atomic E-state index is 0.0322. The first-order valence-electron chi connectivity index (χ1n) is 15.8. The minimum atomic E-state index is -4.18. The second-order valence-corrected chi connectivity index (χ2v) is 15.2. The Balaban J connectivity index is 1.56. The van der Waals surface area contributed by atoms with Gasteiger partial charge in [-0.15, -0.1) is 0 Å². The Kier molecular flexibility index (Phi) is 11.8. The van der Waals surface area contributed by atoms with Crippen LogP contribution in [0.5, 0.6) is 0 Å². The number of nitrogens with zero attached hydrogens (tertiary/aromatic N) is 2. The zero-order valence-corrected chi connectivity index (χ0v) is 29.5. The second-order valence-electron chi connectivity index (χ2n) is 12.0. The van der Waals surface area contributed by atoms with Crippen LogP contribution < -0.4 is 9.62 Å². The summed E-state index contributed by atoms with van der Waals surface area (Å²) in [6.45, 7) is 1.46. The molecular formula is C37H39BrClN3O4S. The molecule has 0 aliphatic heterocycles. The van der Waals surface area contributed by atoms with E-state index in [2.05, 4.69) is 21.2 Å². The minimum Gasteiger partial charge on any atom is -0.352 e. The first-order valence-corrected chi connectivity index (χ1v) is 18.4. The summed E-state index contributed by atoms with van der Waals surface area (Å²) in [5, 5.41) is 3.67. The Hall–Kier alpha value is -3.66. The number of halogens is 2. The highest BCUT2D eigenvalue weighted by atomic mass is 79.9. The van der Waals surface area contributed by atoms with E-state index in [0.717, 1.165) is 57.6 Å². The van der Waals surface area contributed by atoms with Crippen molar-refractivity contribution in [3.8, 4) is 0 Å². The topological polar surface area (TPSA) is 86.8 Å². The predicted molar refractivity (Wildman–Crippen MR) is 191 cm³/mol. The molecule has 0 saturated heterocycles.